The molecule has 0 atom stereocenters. The van der Waals surface area contributed by atoms with Crippen molar-refractivity contribution in [1.82, 2.24) is 0 Å². The number of aromatic carboxylic acids is 1. The monoisotopic (exact) mass is 416 g/mol. The van der Waals surface area contributed by atoms with Gasteiger partial charge in [-0.2, -0.15) is 0 Å². The summed E-state index contributed by atoms with van der Waals surface area (Å²) in [6.07, 6.45) is 14.0. The molecule has 31 heavy (non-hydrogen) atoms. The van der Waals surface area contributed by atoms with E-state index in [2.05, 4.69) is 13.0 Å². The van der Waals surface area contributed by atoms with Gasteiger partial charge in [0.15, 0.2) is 0 Å². The molecule has 0 radical (unpaired) electrons. The SMILES string of the molecule is CCCCCCCCCCCCc1cc2ccccc2c(C(=O)O)c1-c1ccccc1. The first kappa shape index (κ1) is 23.1. The summed E-state index contributed by atoms with van der Waals surface area (Å²) in [5, 5.41) is 11.9. The lowest BCUT2D eigenvalue weighted by atomic mass is 9.87. The van der Waals surface area contributed by atoms with E-state index in [0.717, 1.165) is 40.3 Å². The van der Waals surface area contributed by atoms with Gasteiger partial charge in [0, 0.05) is 5.56 Å². The minimum atomic E-state index is -0.847. The Kier molecular flexibility index (Phi) is 9.15. The van der Waals surface area contributed by atoms with Crippen molar-refractivity contribution in [3.05, 3.63) is 71.8 Å². The Labute approximate surface area is 187 Å². The Morgan fingerprint density at radius 2 is 1.32 bits per heavy atom. The zero-order chi connectivity index (χ0) is 21.9. The summed E-state index contributed by atoms with van der Waals surface area (Å²) in [6, 6.07) is 20.1. The van der Waals surface area contributed by atoms with Crippen molar-refractivity contribution in [3.8, 4) is 11.1 Å². The molecular formula is C29H36O2. The van der Waals surface area contributed by atoms with Crippen LogP contribution in [0, 0.1) is 0 Å². The fourth-order valence-corrected chi connectivity index (χ4v) is 4.56. The van der Waals surface area contributed by atoms with Gasteiger partial charge < -0.3 is 5.11 Å². The predicted octanol–water partition coefficient (Wildman–Crippen LogP) is 8.67. The maximum atomic E-state index is 12.3. The third-order valence-corrected chi connectivity index (χ3v) is 6.21. The summed E-state index contributed by atoms with van der Waals surface area (Å²) in [4.78, 5) is 12.3. The van der Waals surface area contributed by atoms with Crippen LogP contribution in [0.1, 0.15) is 87.1 Å². The average Bonchev–Trinajstić information content (AvgIpc) is 2.79. The molecule has 3 aromatic carbocycles. The number of fused-ring (bicyclic) bond motifs is 1. The zero-order valence-corrected chi connectivity index (χ0v) is 18.9. The van der Waals surface area contributed by atoms with Gasteiger partial charge in [0.25, 0.3) is 0 Å². The van der Waals surface area contributed by atoms with Crippen LogP contribution >= 0.6 is 0 Å². The molecule has 3 aromatic rings. The molecule has 0 amide bonds. The first-order valence-electron chi connectivity index (χ1n) is 12.1. The van der Waals surface area contributed by atoms with Crippen molar-refractivity contribution in [3.63, 3.8) is 0 Å². The number of unbranched alkanes of at least 4 members (excludes halogenated alkanes) is 9. The number of carbonyl (C=O) groups is 1. The number of benzene rings is 3. The van der Waals surface area contributed by atoms with Crippen LogP contribution in [0.15, 0.2) is 60.7 Å². The summed E-state index contributed by atoms with van der Waals surface area (Å²) in [5.41, 5.74) is 3.48. The van der Waals surface area contributed by atoms with Gasteiger partial charge in [0.1, 0.15) is 0 Å². The standard InChI is InChI=1S/C29H36O2/c1-2-3-4-5-6-7-8-9-10-12-20-25-22-24-19-15-16-21-26(24)28(29(30)31)27(25)23-17-13-11-14-18-23/h11,13-19,21-22H,2-10,12,20H2,1H3,(H,30,31). The van der Waals surface area contributed by atoms with Gasteiger partial charge in [-0.05, 0) is 34.7 Å². The Bertz CT molecular complexity index is 959. The summed E-state index contributed by atoms with van der Waals surface area (Å²) < 4.78 is 0. The molecule has 3 rings (SSSR count). The highest BCUT2D eigenvalue weighted by atomic mass is 16.4. The third-order valence-electron chi connectivity index (χ3n) is 6.21. The lowest BCUT2D eigenvalue weighted by Gasteiger charge is -2.16. The van der Waals surface area contributed by atoms with Crippen LogP contribution in [0.5, 0.6) is 0 Å². The van der Waals surface area contributed by atoms with Crippen LogP contribution in [0.25, 0.3) is 21.9 Å². The van der Waals surface area contributed by atoms with Crippen molar-refractivity contribution < 1.29 is 9.90 Å². The molecule has 0 saturated heterocycles. The fraction of sp³-hybridized carbons (Fsp3) is 0.414. The second kappa shape index (κ2) is 12.3. The van der Waals surface area contributed by atoms with Crippen molar-refractivity contribution in [2.24, 2.45) is 0 Å². The van der Waals surface area contributed by atoms with Gasteiger partial charge in [-0.25, -0.2) is 4.79 Å². The normalized spacial score (nSPS) is 11.1. The molecule has 164 valence electrons. The number of rotatable bonds is 13. The van der Waals surface area contributed by atoms with E-state index in [0.29, 0.717) is 5.56 Å². The first-order valence-corrected chi connectivity index (χ1v) is 12.1. The van der Waals surface area contributed by atoms with Gasteiger partial charge in [-0.1, -0.05) is 125 Å². The molecule has 2 nitrogen and oxygen atoms in total. The quantitative estimate of drug-likeness (QED) is 0.283. The first-order chi connectivity index (χ1) is 15.2. The van der Waals surface area contributed by atoms with Gasteiger partial charge >= 0.3 is 5.97 Å². The molecule has 0 unspecified atom stereocenters. The Morgan fingerprint density at radius 1 is 0.742 bits per heavy atom. The smallest absolute Gasteiger partial charge is 0.336 e. The fourth-order valence-electron chi connectivity index (χ4n) is 4.56. The number of carboxylic acid groups (broad SMARTS) is 1. The van der Waals surface area contributed by atoms with Gasteiger partial charge in [0.2, 0.25) is 0 Å². The van der Waals surface area contributed by atoms with Crippen molar-refractivity contribution in [2.75, 3.05) is 0 Å². The maximum absolute atomic E-state index is 12.3. The highest BCUT2D eigenvalue weighted by Crippen LogP contribution is 2.35. The minimum absolute atomic E-state index is 0.436. The average molecular weight is 417 g/mol. The summed E-state index contributed by atoms with van der Waals surface area (Å²) in [5.74, 6) is -0.847. The molecule has 0 heterocycles. The Morgan fingerprint density at radius 3 is 1.97 bits per heavy atom. The minimum Gasteiger partial charge on any atom is -0.478 e. The molecule has 0 aliphatic rings. The van der Waals surface area contributed by atoms with E-state index in [-0.39, 0.29) is 0 Å². The summed E-state index contributed by atoms with van der Waals surface area (Å²) in [6.45, 7) is 2.26. The second-order valence-corrected chi connectivity index (χ2v) is 8.61. The lowest BCUT2D eigenvalue weighted by Crippen LogP contribution is -2.05. The molecule has 0 aliphatic heterocycles. The van der Waals surface area contributed by atoms with E-state index in [1.807, 2.05) is 54.6 Å². The van der Waals surface area contributed by atoms with Crippen LogP contribution in [-0.4, -0.2) is 11.1 Å². The maximum Gasteiger partial charge on any atom is 0.336 e. The largest absolute Gasteiger partial charge is 0.478 e. The van der Waals surface area contributed by atoms with E-state index < -0.39 is 5.97 Å². The molecule has 0 aromatic heterocycles. The number of hydrogen-bond donors (Lipinski definition) is 1. The molecule has 2 heteroatoms. The molecule has 0 saturated carbocycles. The number of carboxylic acids is 1. The van der Waals surface area contributed by atoms with Gasteiger partial charge in [0.05, 0.1) is 5.56 Å². The van der Waals surface area contributed by atoms with Crippen LogP contribution < -0.4 is 0 Å². The van der Waals surface area contributed by atoms with E-state index >= 15 is 0 Å². The van der Waals surface area contributed by atoms with Crippen molar-refractivity contribution in [2.45, 2.75) is 77.6 Å². The number of aryl methyl sites for hydroxylation is 1. The van der Waals surface area contributed by atoms with Crippen LogP contribution in [0.4, 0.5) is 0 Å². The summed E-state index contributed by atoms with van der Waals surface area (Å²) >= 11 is 0. The van der Waals surface area contributed by atoms with E-state index in [1.54, 1.807) is 0 Å². The third kappa shape index (κ3) is 6.43. The highest BCUT2D eigenvalue weighted by molar-refractivity contribution is 6.10. The zero-order valence-electron chi connectivity index (χ0n) is 18.9. The Balaban J connectivity index is 1.70. The van der Waals surface area contributed by atoms with Gasteiger partial charge in [-0.15, -0.1) is 0 Å². The van der Waals surface area contributed by atoms with E-state index in [4.69, 9.17) is 0 Å². The molecule has 0 fully saturated rings. The summed E-state index contributed by atoms with van der Waals surface area (Å²) in [7, 11) is 0. The number of hydrogen-bond acceptors (Lipinski definition) is 1. The topological polar surface area (TPSA) is 37.3 Å². The molecule has 0 aliphatic carbocycles. The molecule has 1 N–H and O–H groups in total. The van der Waals surface area contributed by atoms with Crippen molar-refractivity contribution in [1.29, 1.82) is 0 Å². The molecular weight excluding hydrogens is 380 g/mol. The second-order valence-electron chi connectivity index (χ2n) is 8.61. The van der Waals surface area contributed by atoms with E-state index in [9.17, 15) is 9.90 Å². The van der Waals surface area contributed by atoms with Crippen LogP contribution in [0.2, 0.25) is 0 Å². The highest BCUT2D eigenvalue weighted by Gasteiger charge is 2.19. The predicted molar refractivity (Wildman–Crippen MR) is 132 cm³/mol. The molecule has 0 spiro atoms. The van der Waals surface area contributed by atoms with Crippen molar-refractivity contribution >= 4 is 16.7 Å². The van der Waals surface area contributed by atoms with Crippen LogP contribution in [0.3, 0.4) is 0 Å². The Hall–Kier alpha value is -2.61. The lowest BCUT2D eigenvalue weighted by molar-refractivity contribution is 0.0699. The molecule has 0 bridgehead atoms. The van der Waals surface area contributed by atoms with E-state index in [1.165, 1.54) is 57.8 Å². The van der Waals surface area contributed by atoms with Gasteiger partial charge in [-0.3, -0.25) is 0 Å². The van der Waals surface area contributed by atoms with Crippen LogP contribution in [-0.2, 0) is 6.42 Å².